The second kappa shape index (κ2) is 8.97. The number of amides is 2. The molecule has 0 saturated carbocycles. The number of nitrogens with one attached hydrogen (secondary N) is 2. The minimum atomic E-state index is -0.189. The number of urea groups is 1. The molecule has 1 aliphatic heterocycles. The minimum absolute atomic E-state index is 0.106. The molecule has 0 radical (unpaired) electrons. The van der Waals surface area contributed by atoms with E-state index in [9.17, 15) is 4.79 Å². The Morgan fingerprint density at radius 3 is 2.55 bits per heavy atom. The third-order valence-corrected chi connectivity index (χ3v) is 5.34. The molecule has 2 amide bonds. The quantitative estimate of drug-likeness (QED) is 0.626. The van der Waals surface area contributed by atoms with Crippen LogP contribution in [0.15, 0.2) is 73.1 Å². The van der Waals surface area contributed by atoms with Crippen LogP contribution < -0.4 is 15.5 Å². The van der Waals surface area contributed by atoms with Gasteiger partial charge in [-0.05, 0) is 66.4 Å². The summed E-state index contributed by atoms with van der Waals surface area (Å²) in [6.45, 7) is 1.78. The summed E-state index contributed by atoms with van der Waals surface area (Å²) < 4.78 is 0. The first-order chi connectivity index (χ1) is 14.2. The van der Waals surface area contributed by atoms with Crippen LogP contribution in [-0.4, -0.2) is 30.1 Å². The number of hydrogen-bond acceptors (Lipinski definition) is 3. The van der Waals surface area contributed by atoms with E-state index in [1.165, 1.54) is 5.69 Å². The summed E-state index contributed by atoms with van der Waals surface area (Å²) in [5.41, 5.74) is 4.15. The Hall–Kier alpha value is -3.05. The number of carbonyl (C=O) groups is 1. The highest BCUT2D eigenvalue weighted by molar-refractivity contribution is 6.30. The Kier molecular flexibility index (Phi) is 5.96. The van der Waals surface area contributed by atoms with E-state index in [1.807, 2.05) is 12.3 Å². The average molecular weight is 407 g/mol. The summed E-state index contributed by atoms with van der Waals surface area (Å²) in [6, 6.07) is 19.5. The molecule has 2 aromatic carbocycles. The van der Waals surface area contributed by atoms with Crippen molar-refractivity contribution >= 4 is 29.0 Å². The van der Waals surface area contributed by atoms with Crippen molar-refractivity contribution < 1.29 is 4.79 Å². The first-order valence-corrected chi connectivity index (χ1v) is 10.1. The lowest BCUT2D eigenvalue weighted by Gasteiger charge is -2.34. The molecule has 2 N–H and O–H groups in total. The lowest BCUT2D eigenvalue weighted by atomic mass is 10.0. The van der Waals surface area contributed by atoms with Crippen molar-refractivity contribution in [2.24, 2.45) is 0 Å². The smallest absolute Gasteiger partial charge is 0.319 e. The standard InChI is InChI=1S/C23H23ClN4O/c24-19-7-9-20(10-8-19)26-23(29)27-21-4-2-14-28(16-21)22-11-5-17(6-12-22)18-3-1-13-25-15-18/h1,3,5-13,15,21H,2,4,14,16H2,(H2,26,27,29)/t21-/m1/s1. The van der Waals surface area contributed by atoms with E-state index < -0.39 is 0 Å². The summed E-state index contributed by atoms with van der Waals surface area (Å²) in [5, 5.41) is 6.60. The summed E-state index contributed by atoms with van der Waals surface area (Å²) >= 11 is 5.89. The van der Waals surface area contributed by atoms with Crippen LogP contribution in [-0.2, 0) is 0 Å². The van der Waals surface area contributed by atoms with Crippen LogP contribution in [0.2, 0.25) is 5.02 Å². The zero-order valence-corrected chi connectivity index (χ0v) is 16.8. The van der Waals surface area contributed by atoms with Gasteiger partial charge in [0.1, 0.15) is 0 Å². The molecule has 1 aliphatic rings. The predicted molar refractivity (Wildman–Crippen MR) is 119 cm³/mol. The SMILES string of the molecule is O=C(Nc1ccc(Cl)cc1)N[C@@H]1CCCN(c2ccc(-c3cccnc3)cc2)C1. The molecular weight excluding hydrogens is 384 g/mol. The number of pyridine rings is 1. The Labute approximate surface area is 175 Å². The van der Waals surface area contributed by atoms with Gasteiger partial charge in [0.25, 0.3) is 0 Å². The van der Waals surface area contributed by atoms with E-state index in [4.69, 9.17) is 11.6 Å². The van der Waals surface area contributed by atoms with Gasteiger partial charge in [0.15, 0.2) is 0 Å². The van der Waals surface area contributed by atoms with Gasteiger partial charge in [-0.15, -0.1) is 0 Å². The molecule has 5 nitrogen and oxygen atoms in total. The number of halogens is 1. The number of rotatable bonds is 4. The molecule has 1 fully saturated rings. The summed E-state index contributed by atoms with van der Waals surface area (Å²) in [6.07, 6.45) is 5.66. The van der Waals surface area contributed by atoms with Crippen LogP contribution in [0.4, 0.5) is 16.2 Å². The monoisotopic (exact) mass is 406 g/mol. The zero-order valence-electron chi connectivity index (χ0n) is 16.0. The van der Waals surface area contributed by atoms with Gasteiger partial charge in [0, 0.05) is 47.9 Å². The molecule has 148 valence electrons. The highest BCUT2D eigenvalue weighted by atomic mass is 35.5. The van der Waals surface area contributed by atoms with Crippen molar-refractivity contribution in [3.05, 3.63) is 78.1 Å². The van der Waals surface area contributed by atoms with E-state index in [-0.39, 0.29) is 12.1 Å². The van der Waals surface area contributed by atoms with Gasteiger partial charge in [-0.1, -0.05) is 29.8 Å². The first kappa shape index (κ1) is 19.3. The van der Waals surface area contributed by atoms with Crippen molar-refractivity contribution in [2.75, 3.05) is 23.3 Å². The normalized spacial score (nSPS) is 16.3. The number of carbonyl (C=O) groups excluding carboxylic acids is 1. The minimum Gasteiger partial charge on any atom is -0.369 e. The van der Waals surface area contributed by atoms with E-state index in [1.54, 1.807) is 30.5 Å². The summed E-state index contributed by atoms with van der Waals surface area (Å²) in [7, 11) is 0. The van der Waals surface area contributed by atoms with E-state index in [2.05, 4.69) is 50.8 Å². The van der Waals surface area contributed by atoms with Crippen LogP contribution >= 0.6 is 11.6 Å². The van der Waals surface area contributed by atoms with Crippen LogP contribution in [0.25, 0.3) is 11.1 Å². The van der Waals surface area contributed by atoms with Crippen molar-refractivity contribution in [3.8, 4) is 11.1 Å². The van der Waals surface area contributed by atoms with Crippen molar-refractivity contribution in [3.63, 3.8) is 0 Å². The van der Waals surface area contributed by atoms with E-state index in [0.29, 0.717) is 5.02 Å². The molecule has 4 rings (SSSR count). The van der Waals surface area contributed by atoms with Crippen LogP contribution in [0.3, 0.4) is 0 Å². The zero-order chi connectivity index (χ0) is 20.1. The molecule has 29 heavy (non-hydrogen) atoms. The average Bonchev–Trinajstić information content (AvgIpc) is 2.76. The Morgan fingerprint density at radius 2 is 1.83 bits per heavy atom. The van der Waals surface area contributed by atoms with Crippen molar-refractivity contribution in [2.45, 2.75) is 18.9 Å². The Bertz CT molecular complexity index is 945. The van der Waals surface area contributed by atoms with Crippen LogP contribution in [0.5, 0.6) is 0 Å². The Balaban J connectivity index is 1.35. The number of hydrogen-bond donors (Lipinski definition) is 2. The van der Waals surface area contributed by atoms with Crippen LogP contribution in [0.1, 0.15) is 12.8 Å². The van der Waals surface area contributed by atoms with Crippen LogP contribution in [0, 0.1) is 0 Å². The van der Waals surface area contributed by atoms with Gasteiger partial charge >= 0.3 is 6.03 Å². The van der Waals surface area contributed by atoms with Gasteiger partial charge in [-0.3, -0.25) is 4.98 Å². The Morgan fingerprint density at radius 1 is 1.03 bits per heavy atom. The molecule has 6 heteroatoms. The molecule has 1 saturated heterocycles. The highest BCUT2D eigenvalue weighted by Crippen LogP contribution is 2.25. The molecule has 3 aromatic rings. The topological polar surface area (TPSA) is 57.3 Å². The van der Waals surface area contributed by atoms with Gasteiger partial charge in [-0.2, -0.15) is 0 Å². The number of anilines is 2. The maximum atomic E-state index is 12.3. The van der Waals surface area contributed by atoms with Gasteiger partial charge in [0.2, 0.25) is 0 Å². The molecule has 0 spiro atoms. The fraction of sp³-hybridized carbons (Fsp3) is 0.217. The number of benzene rings is 2. The molecule has 0 aliphatic carbocycles. The first-order valence-electron chi connectivity index (χ1n) is 9.76. The van der Waals surface area contributed by atoms with Gasteiger partial charge in [-0.25, -0.2) is 4.79 Å². The largest absolute Gasteiger partial charge is 0.369 e. The third-order valence-electron chi connectivity index (χ3n) is 5.09. The predicted octanol–water partition coefficient (Wildman–Crippen LogP) is 5.19. The second-order valence-corrected chi connectivity index (χ2v) is 7.62. The molecule has 1 aromatic heterocycles. The number of nitrogens with zero attached hydrogens (tertiary/aromatic N) is 2. The molecule has 0 bridgehead atoms. The maximum absolute atomic E-state index is 12.3. The van der Waals surface area contributed by atoms with Crippen molar-refractivity contribution in [1.29, 1.82) is 0 Å². The lowest BCUT2D eigenvalue weighted by Crippen LogP contribution is -2.49. The number of piperidine rings is 1. The molecule has 2 heterocycles. The molecular formula is C23H23ClN4O. The van der Waals surface area contributed by atoms with Gasteiger partial charge < -0.3 is 15.5 Å². The van der Waals surface area contributed by atoms with Gasteiger partial charge in [0.05, 0.1) is 0 Å². The summed E-state index contributed by atoms with van der Waals surface area (Å²) in [5.74, 6) is 0. The van der Waals surface area contributed by atoms with E-state index >= 15 is 0 Å². The fourth-order valence-corrected chi connectivity index (χ4v) is 3.74. The lowest BCUT2D eigenvalue weighted by molar-refractivity contribution is 0.246. The maximum Gasteiger partial charge on any atom is 0.319 e. The number of aromatic nitrogens is 1. The fourth-order valence-electron chi connectivity index (χ4n) is 3.61. The summed E-state index contributed by atoms with van der Waals surface area (Å²) in [4.78, 5) is 18.8. The van der Waals surface area contributed by atoms with E-state index in [0.717, 1.165) is 42.7 Å². The second-order valence-electron chi connectivity index (χ2n) is 7.18. The van der Waals surface area contributed by atoms with Crippen molar-refractivity contribution in [1.82, 2.24) is 10.3 Å². The molecule has 0 unspecified atom stereocenters. The molecule has 1 atom stereocenters. The highest BCUT2D eigenvalue weighted by Gasteiger charge is 2.21. The third kappa shape index (κ3) is 5.06.